The first-order valence-corrected chi connectivity index (χ1v) is 7.97. The standard InChI is InChI=1S/C17H29N3O2/c1-6-20(15-14(2)10-9-12-18-15)13-8-7-11-19-16(21)22-17(3,4)5/h9-10,12H,6-8,11,13H2,1-5H3,(H,19,21). The van der Waals surface area contributed by atoms with E-state index in [1.807, 2.05) is 33.0 Å². The molecule has 0 spiro atoms. The van der Waals surface area contributed by atoms with Gasteiger partial charge in [-0.05, 0) is 59.1 Å². The summed E-state index contributed by atoms with van der Waals surface area (Å²) in [5.41, 5.74) is 0.746. The Bertz CT molecular complexity index is 469. The van der Waals surface area contributed by atoms with Crippen molar-refractivity contribution in [3.8, 4) is 0 Å². The van der Waals surface area contributed by atoms with Crippen LogP contribution < -0.4 is 10.2 Å². The van der Waals surface area contributed by atoms with Gasteiger partial charge in [0.1, 0.15) is 11.4 Å². The van der Waals surface area contributed by atoms with Crippen LogP contribution in [-0.2, 0) is 4.74 Å². The molecule has 0 aliphatic rings. The number of aromatic nitrogens is 1. The highest BCUT2D eigenvalue weighted by molar-refractivity contribution is 5.67. The van der Waals surface area contributed by atoms with Crippen molar-refractivity contribution in [2.24, 2.45) is 0 Å². The van der Waals surface area contributed by atoms with Crippen LogP contribution in [0.25, 0.3) is 0 Å². The number of nitrogens with zero attached hydrogens (tertiary/aromatic N) is 2. The number of rotatable bonds is 7. The van der Waals surface area contributed by atoms with Crippen LogP contribution in [0.15, 0.2) is 18.3 Å². The van der Waals surface area contributed by atoms with Crippen LogP contribution >= 0.6 is 0 Å². The van der Waals surface area contributed by atoms with Crippen molar-refractivity contribution in [1.82, 2.24) is 10.3 Å². The molecule has 0 atom stereocenters. The van der Waals surface area contributed by atoms with Crippen LogP contribution in [-0.4, -0.2) is 36.3 Å². The maximum absolute atomic E-state index is 11.5. The number of pyridine rings is 1. The van der Waals surface area contributed by atoms with Crippen LogP contribution in [0.2, 0.25) is 0 Å². The van der Waals surface area contributed by atoms with E-state index in [2.05, 4.69) is 35.1 Å². The van der Waals surface area contributed by atoms with Gasteiger partial charge in [0.25, 0.3) is 0 Å². The molecule has 1 rings (SSSR count). The van der Waals surface area contributed by atoms with E-state index in [0.29, 0.717) is 6.54 Å². The smallest absolute Gasteiger partial charge is 0.407 e. The zero-order valence-electron chi connectivity index (χ0n) is 14.5. The monoisotopic (exact) mass is 307 g/mol. The topological polar surface area (TPSA) is 54.5 Å². The van der Waals surface area contributed by atoms with Gasteiger partial charge in [-0.2, -0.15) is 0 Å². The fourth-order valence-electron chi connectivity index (χ4n) is 2.15. The fourth-order valence-corrected chi connectivity index (χ4v) is 2.15. The summed E-state index contributed by atoms with van der Waals surface area (Å²) in [4.78, 5) is 18.2. The van der Waals surface area contributed by atoms with Crippen LogP contribution in [0.4, 0.5) is 10.6 Å². The summed E-state index contributed by atoms with van der Waals surface area (Å²) in [5, 5.41) is 2.79. The molecule has 1 aromatic rings. The van der Waals surface area contributed by atoms with Gasteiger partial charge >= 0.3 is 6.09 Å². The normalized spacial score (nSPS) is 11.1. The summed E-state index contributed by atoms with van der Waals surface area (Å²) in [7, 11) is 0. The molecule has 0 unspecified atom stereocenters. The Kier molecular flexibility index (Phi) is 7.15. The summed E-state index contributed by atoms with van der Waals surface area (Å²) in [6.45, 7) is 12.3. The quantitative estimate of drug-likeness (QED) is 0.783. The lowest BCUT2D eigenvalue weighted by molar-refractivity contribution is 0.0527. The van der Waals surface area contributed by atoms with Crippen LogP contribution in [0.3, 0.4) is 0 Å². The van der Waals surface area contributed by atoms with Crippen LogP contribution in [0.5, 0.6) is 0 Å². The van der Waals surface area contributed by atoms with Crippen molar-refractivity contribution in [3.05, 3.63) is 23.9 Å². The molecule has 1 aromatic heterocycles. The second kappa shape index (κ2) is 8.61. The zero-order chi connectivity index (χ0) is 16.6. The van der Waals surface area contributed by atoms with Gasteiger partial charge in [-0.3, -0.25) is 0 Å². The van der Waals surface area contributed by atoms with E-state index in [1.165, 1.54) is 5.56 Å². The number of anilines is 1. The highest BCUT2D eigenvalue weighted by Crippen LogP contribution is 2.16. The predicted octanol–water partition coefficient (Wildman–Crippen LogP) is 3.52. The van der Waals surface area contributed by atoms with Crippen molar-refractivity contribution in [2.75, 3.05) is 24.5 Å². The SMILES string of the molecule is CCN(CCCCNC(=O)OC(C)(C)C)c1ncccc1C. The molecule has 1 amide bonds. The minimum atomic E-state index is -0.445. The minimum absolute atomic E-state index is 0.347. The van der Waals surface area contributed by atoms with E-state index < -0.39 is 5.60 Å². The number of carbonyl (C=O) groups is 1. The number of ether oxygens (including phenoxy) is 1. The Balaban J connectivity index is 2.29. The minimum Gasteiger partial charge on any atom is -0.444 e. The lowest BCUT2D eigenvalue weighted by atomic mass is 10.2. The maximum atomic E-state index is 11.5. The lowest BCUT2D eigenvalue weighted by Gasteiger charge is -2.23. The van der Waals surface area contributed by atoms with Gasteiger partial charge in [0.2, 0.25) is 0 Å². The number of amides is 1. The molecule has 5 nitrogen and oxygen atoms in total. The molecule has 0 fully saturated rings. The first-order chi connectivity index (χ1) is 10.3. The molecular weight excluding hydrogens is 278 g/mol. The Morgan fingerprint density at radius 1 is 1.36 bits per heavy atom. The second-order valence-corrected chi connectivity index (χ2v) is 6.36. The van der Waals surface area contributed by atoms with Crippen molar-refractivity contribution in [3.63, 3.8) is 0 Å². The number of hydrogen-bond donors (Lipinski definition) is 1. The van der Waals surface area contributed by atoms with Gasteiger partial charge in [-0.1, -0.05) is 6.07 Å². The molecule has 1 N–H and O–H groups in total. The summed E-state index contributed by atoms with van der Waals surface area (Å²) in [6.07, 6.45) is 3.40. The molecule has 0 saturated carbocycles. The van der Waals surface area contributed by atoms with Crippen LogP contribution in [0.1, 0.15) is 46.1 Å². The van der Waals surface area contributed by atoms with E-state index >= 15 is 0 Å². The average molecular weight is 307 g/mol. The molecule has 0 aliphatic heterocycles. The number of carbonyl (C=O) groups excluding carboxylic acids is 1. The van der Waals surface area contributed by atoms with Gasteiger partial charge in [0.15, 0.2) is 0 Å². The summed E-state index contributed by atoms with van der Waals surface area (Å²) in [6, 6.07) is 4.03. The molecule has 22 heavy (non-hydrogen) atoms. The average Bonchev–Trinajstić information content (AvgIpc) is 2.42. The van der Waals surface area contributed by atoms with E-state index in [-0.39, 0.29) is 6.09 Å². The van der Waals surface area contributed by atoms with E-state index in [1.54, 1.807) is 0 Å². The first kappa shape index (κ1) is 18.3. The van der Waals surface area contributed by atoms with E-state index in [9.17, 15) is 4.79 Å². The first-order valence-electron chi connectivity index (χ1n) is 7.97. The third-order valence-corrected chi connectivity index (χ3v) is 3.19. The van der Waals surface area contributed by atoms with Crippen molar-refractivity contribution < 1.29 is 9.53 Å². The molecule has 0 bridgehead atoms. The molecule has 0 saturated heterocycles. The highest BCUT2D eigenvalue weighted by atomic mass is 16.6. The molecule has 0 radical (unpaired) electrons. The molecular formula is C17H29N3O2. The summed E-state index contributed by atoms with van der Waals surface area (Å²) >= 11 is 0. The molecule has 124 valence electrons. The fraction of sp³-hybridized carbons (Fsp3) is 0.647. The zero-order valence-corrected chi connectivity index (χ0v) is 14.5. The summed E-state index contributed by atoms with van der Waals surface area (Å²) in [5.74, 6) is 1.05. The second-order valence-electron chi connectivity index (χ2n) is 6.36. The van der Waals surface area contributed by atoms with Crippen molar-refractivity contribution in [1.29, 1.82) is 0 Å². The lowest BCUT2D eigenvalue weighted by Crippen LogP contribution is -2.33. The highest BCUT2D eigenvalue weighted by Gasteiger charge is 2.15. The molecule has 0 aliphatic carbocycles. The Hall–Kier alpha value is -1.78. The van der Waals surface area contributed by atoms with Gasteiger partial charge in [-0.25, -0.2) is 9.78 Å². The maximum Gasteiger partial charge on any atom is 0.407 e. The molecule has 1 heterocycles. The molecule has 0 aromatic carbocycles. The van der Waals surface area contributed by atoms with E-state index in [0.717, 1.165) is 31.7 Å². The van der Waals surface area contributed by atoms with Crippen molar-refractivity contribution in [2.45, 2.75) is 53.1 Å². The van der Waals surface area contributed by atoms with Gasteiger partial charge in [0, 0.05) is 25.8 Å². The van der Waals surface area contributed by atoms with E-state index in [4.69, 9.17) is 4.74 Å². The number of unbranched alkanes of at least 4 members (excludes halogenated alkanes) is 1. The number of aryl methyl sites for hydroxylation is 1. The number of nitrogens with one attached hydrogen (secondary N) is 1. The molecule has 5 heteroatoms. The third kappa shape index (κ3) is 6.78. The van der Waals surface area contributed by atoms with Gasteiger partial charge in [0.05, 0.1) is 0 Å². The van der Waals surface area contributed by atoms with Gasteiger partial charge in [-0.15, -0.1) is 0 Å². The predicted molar refractivity (Wildman–Crippen MR) is 90.3 cm³/mol. The largest absolute Gasteiger partial charge is 0.444 e. The third-order valence-electron chi connectivity index (χ3n) is 3.19. The summed E-state index contributed by atoms with van der Waals surface area (Å²) < 4.78 is 5.20. The number of hydrogen-bond acceptors (Lipinski definition) is 4. The Morgan fingerprint density at radius 3 is 2.68 bits per heavy atom. The number of alkyl carbamates (subject to hydrolysis) is 1. The van der Waals surface area contributed by atoms with Crippen molar-refractivity contribution >= 4 is 11.9 Å². The van der Waals surface area contributed by atoms with Gasteiger partial charge < -0.3 is 15.0 Å². The van der Waals surface area contributed by atoms with Crippen LogP contribution in [0, 0.1) is 6.92 Å². The Morgan fingerprint density at radius 2 is 2.09 bits per heavy atom. The Labute approximate surface area is 134 Å².